The van der Waals surface area contributed by atoms with Crippen molar-refractivity contribution in [3.8, 4) is 5.69 Å². The van der Waals surface area contributed by atoms with Crippen LogP contribution < -0.4 is 11.1 Å². The van der Waals surface area contributed by atoms with E-state index >= 15 is 0 Å². The van der Waals surface area contributed by atoms with E-state index in [2.05, 4.69) is 28.3 Å². The first-order valence-corrected chi connectivity index (χ1v) is 17.7. The van der Waals surface area contributed by atoms with Gasteiger partial charge < -0.3 is 4.74 Å². The highest BCUT2D eigenvalue weighted by atomic mass is 19.4. The number of halogens is 3. The van der Waals surface area contributed by atoms with Crippen molar-refractivity contribution in [1.82, 2.24) is 24.2 Å². The van der Waals surface area contributed by atoms with E-state index in [1.54, 1.807) is 6.20 Å². The molecule has 11 heteroatoms. The summed E-state index contributed by atoms with van der Waals surface area (Å²) < 4.78 is 52.8. The molecule has 4 atom stereocenters. The lowest BCUT2D eigenvalue weighted by molar-refractivity contribution is -0.963. The highest BCUT2D eigenvalue weighted by molar-refractivity contribution is 5.58. The number of hydrogen-bond acceptors (Lipinski definition) is 5. The van der Waals surface area contributed by atoms with E-state index in [1.807, 2.05) is 32.0 Å². The van der Waals surface area contributed by atoms with E-state index in [-0.39, 0.29) is 29.7 Å². The molecule has 1 aliphatic carbocycles. The zero-order chi connectivity index (χ0) is 32.9. The van der Waals surface area contributed by atoms with Gasteiger partial charge in [0.1, 0.15) is 6.17 Å². The molecule has 1 saturated carbocycles. The lowest BCUT2D eigenvalue weighted by Gasteiger charge is -2.40. The van der Waals surface area contributed by atoms with Crippen LogP contribution in [0.1, 0.15) is 93.9 Å². The maximum absolute atomic E-state index is 14.6. The Morgan fingerprint density at radius 1 is 1.00 bits per heavy atom. The number of pyridine rings is 1. The smallest absolute Gasteiger partial charge is 0.376 e. The number of nitrogens with one attached hydrogen (secondary N) is 1. The molecule has 3 aromatic rings. The topological polar surface area (TPSA) is 54.2 Å². The average Bonchev–Trinajstić information content (AvgIpc) is 3.52. The molecule has 256 valence electrons. The van der Waals surface area contributed by atoms with Crippen LogP contribution in [0.25, 0.3) is 11.2 Å². The molecule has 0 radical (unpaired) electrons. The molecule has 1 N–H and O–H groups in total. The van der Waals surface area contributed by atoms with Gasteiger partial charge in [0.2, 0.25) is 0 Å². The summed E-state index contributed by atoms with van der Waals surface area (Å²) in [6.45, 7) is 8.89. The number of imidazole rings is 1. The normalized spacial score (nSPS) is 26.3. The SMILES string of the molecule is C[C@@H]1CN([C@@H](C)c2cc(C(F)(F)F)c3cn(-c4cccc([C@@H](C5CCC5)C5N[N+]6(CCCCCCC6)CN5C)c4)c(=O)n3c2)CCO1. The minimum Gasteiger partial charge on any atom is -0.376 e. The molecule has 1 aromatic carbocycles. The van der Waals surface area contributed by atoms with Crippen LogP contribution in [0.5, 0.6) is 0 Å². The molecule has 1 unspecified atom stereocenters. The van der Waals surface area contributed by atoms with Crippen LogP contribution in [0.3, 0.4) is 0 Å². The summed E-state index contributed by atoms with van der Waals surface area (Å²) in [6, 6.07) is 8.90. The molecule has 2 aromatic heterocycles. The van der Waals surface area contributed by atoms with Gasteiger partial charge in [-0.2, -0.15) is 13.2 Å². The monoisotopic (exact) mass is 655 g/mol. The van der Waals surface area contributed by atoms with Crippen molar-refractivity contribution in [3.63, 3.8) is 0 Å². The number of quaternary nitrogens is 1. The van der Waals surface area contributed by atoms with Gasteiger partial charge in [-0.25, -0.2) is 14.3 Å². The van der Waals surface area contributed by atoms with E-state index in [9.17, 15) is 18.0 Å². The van der Waals surface area contributed by atoms with Crippen LogP contribution in [0.2, 0.25) is 0 Å². The first-order valence-electron chi connectivity index (χ1n) is 17.7. The Kier molecular flexibility index (Phi) is 9.06. The predicted molar refractivity (Wildman–Crippen MR) is 176 cm³/mol. The first kappa shape index (κ1) is 32.8. The zero-order valence-electron chi connectivity index (χ0n) is 28.0. The van der Waals surface area contributed by atoms with Gasteiger partial charge in [-0.15, -0.1) is 5.43 Å². The minimum absolute atomic E-state index is 0.00252. The molecular weight excluding hydrogens is 605 g/mol. The average molecular weight is 656 g/mol. The Labute approximate surface area is 275 Å². The Balaban J connectivity index is 1.25. The van der Waals surface area contributed by atoms with Crippen LogP contribution in [0, 0.1) is 5.92 Å². The summed E-state index contributed by atoms with van der Waals surface area (Å²) in [6.07, 6.45) is 8.40. The van der Waals surface area contributed by atoms with E-state index in [0.717, 1.165) is 42.8 Å². The summed E-state index contributed by atoms with van der Waals surface area (Å²) >= 11 is 0. The highest BCUT2D eigenvalue weighted by Gasteiger charge is 2.48. The van der Waals surface area contributed by atoms with E-state index in [4.69, 9.17) is 4.74 Å². The number of hydrogen-bond donors (Lipinski definition) is 1. The number of ether oxygens (including phenoxy) is 1. The fourth-order valence-electron chi connectivity index (χ4n) is 8.68. The quantitative estimate of drug-likeness (QED) is 0.317. The fourth-order valence-corrected chi connectivity index (χ4v) is 8.68. The van der Waals surface area contributed by atoms with E-state index in [0.29, 0.717) is 36.9 Å². The third-order valence-corrected chi connectivity index (χ3v) is 11.5. The van der Waals surface area contributed by atoms with Crippen molar-refractivity contribution < 1.29 is 22.5 Å². The van der Waals surface area contributed by atoms with Crippen LogP contribution in [-0.4, -0.2) is 82.1 Å². The van der Waals surface area contributed by atoms with Crippen LogP contribution in [-0.2, 0) is 10.9 Å². The molecular formula is C36H50F3N6O2+. The predicted octanol–water partition coefficient (Wildman–Crippen LogP) is 6.29. The van der Waals surface area contributed by atoms with Gasteiger partial charge in [0, 0.05) is 37.4 Å². The number of benzene rings is 1. The van der Waals surface area contributed by atoms with Crippen molar-refractivity contribution in [2.45, 2.75) is 95.6 Å². The van der Waals surface area contributed by atoms with Gasteiger partial charge in [-0.05, 0) is 94.7 Å². The van der Waals surface area contributed by atoms with E-state index in [1.165, 1.54) is 59.8 Å². The Bertz CT molecular complexity index is 1620. The second-order valence-electron chi connectivity index (χ2n) is 14.7. The molecule has 7 rings (SSSR count). The molecule has 3 saturated heterocycles. The lowest BCUT2D eigenvalue weighted by atomic mass is 9.71. The standard InChI is InChI=1S/C36H50F3N6O2/c1-25-21-42(15-18-47-25)26(2)29-20-31(36(37,38)39)32-23-43(35(46)44(32)22-29)30-14-10-13-28(19-30)33(27-11-9-12-27)34-40-45(24-41(34)3)16-7-5-4-6-8-17-45/h10,13-14,19-20,22-23,25-27,33-34,40H,4-9,11-12,15-18,21,24H2,1-3H3/q+1/t25-,26+,33-,34?/m1/s1. The van der Waals surface area contributed by atoms with Gasteiger partial charge in [-0.3, -0.25) is 13.9 Å². The number of aromatic nitrogens is 2. The molecule has 0 bridgehead atoms. The van der Waals surface area contributed by atoms with Gasteiger partial charge >= 0.3 is 11.9 Å². The molecule has 1 spiro atoms. The van der Waals surface area contributed by atoms with Crippen molar-refractivity contribution in [2.24, 2.45) is 5.92 Å². The molecule has 4 fully saturated rings. The Morgan fingerprint density at radius 3 is 2.43 bits per heavy atom. The molecule has 3 aliphatic heterocycles. The van der Waals surface area contributed by atoms with Gasteiger partial charge in [0.05, 0.1) is 42.6 Å². The second kappa shape index (κ2) is 13.0. The highest BCUT2D eigenvalue weighted by Crippen LogP contribution is 2.44. The number of morpholine rings is 1. The number of alkyl halides is 3. The maximum atomic E-state index is 14.6. The summed E-state index contributed by atoms with van der Waals surface area (Å²) in [5.74, 6) is 0.741. The van der Waals surface area contributed by atoms with Gasteiger partial charge in [-0.1, -0.05) is 25.0 Å². The fraction of sp³-hybridized carbons (Fsp3) is 0.639. The summed E-state index contributed by atoms with van der Waals surface area (Å²) in [5, 5.41) is 0. The second-order valence-corrected chi connectivity index (χ2v) is 14.7. The lowest BCUT2D eigenvalue weighted by Crippen LogP contribution is -2.57. The number of likely N-dealkylation sites (N-methyl/N-ethyl adjacent to an activating group) is 1. The van der Waals surface area contributed by atoms with Gasteiger partial charge in [0.25, 0.3) is 0 Å². The number of fused-ring (bicyclic) bond motifs is 1. The molecule has 8 nitrogen and oxygen atoms in total. The van der Waals surface area contributed by atoms with Crippen molar-refractivity contribution in [2.75, 3.05) is 46.5 Å². The molecule has 47 heavy (non-hydrogen) atoms. The van der Waals surface area contributed by atoms with Crippen molar-refractivity contribution >= 4 is 5.52 Å². The zero-order valence-corrected chi connectivity index (χ0v) is 28.0. The third-order valence-electron chi connectivity index (χ3n) is 11.5. The van der Waals surface area contributed by atoms with Crippen LogP contribution in [0.4, 0.5) is 13.2 Å². The summed E-state index contributed by atoms with van der Waals surface area (Å²) in [5.41, 5.74) is 4.88. The maximum Gasteiger partial charge on any atom is 0.418 e. The Morgan fingerprint density at radius 2 is 1.74 bits per heavy atom. The van der Waals surface area contributed by atoms with Crippen LogP contribution in [0.15, 0.2) is 47.5 Å². The molecule has 4 aliphatic rings. The summed E-state index contributed by atoms with van der Waals surface area (Å²) in [4.78, 5) is 18.6. The molecule has 0 amide bonds. The molecule has 5 heterocycles. The van der Waals surface area contributed by atoms with Gasteiger partial charge in [0.15, 0.2) is 6.67 Å². The summed E-state index contributed by atoms with van der Waals surface area (Å²) in [7, 11) is 2.22. The van der Waals surface area contributed by atoms with Crippen LogP contribution >= 0.6 is 0 Å². The number of nitrogens with zero attached hydrogens (tertiary/aromatic N) is 5. The Hall–Kier alpha value is -2.70. The first-order chi connectivity index (χ1) is 22.5. The number of rotatable bonds is 6. The largest absolute Gasteiger partial charge is 0.418 e. The van der Waals surface area contributed by atoms with E-state index < -0.39 is 17.4 Å². The van der Waals surface area contributed by atoms with Crippen molar-refractivity contribution in [3.05, 3.63) is 69.9 Å². The third kappa shape index (κ3) is 6.41. The van der Waals surface area contributed by atoms with Crippen molar-refractivity contribution in [1.29, 1.82) is 0 Å². The minimum atomic E-state index is -4.61.